The van der Waals surface area contributed by atoms with Gasteiger partial charge in [0.1, 0.15) is 0 Å². The Morgan fingerprint density at radius 1 is 1.46 bits per heavy atom. The van der Waals surface area contributed by atoms with Gasteiger partial charge < -0.3 is 13.6 Å². The van der Waals surface area contributed by atoms with Gasteiger partial charge in [-0.05, 0) is 20.8 Å². The third-order valence-electron chi connectivity index (χ3n) is 1.12. The van der Waals surface area contributed by atoms with E-state index in [2.05, 4.69) is 0 Å². The first-order valence-corrected chi connectivity index (χ1v) is 5.22. The van der Waals surface area contributed by atoms with Gasteiger partial charge in [-0.25, -0.2) is 0 Å². The van der Waals surface area contributed by atoms with Gasteiger partial charge in [0, 0.05) is 6.10 Å². The standard InChI is InChI=1S/C8H16O4Si/c1-6(2)11-13-12-8(10-4)5-7(3)9/h5-6H,13H2,1-4H3. The number of ether oxygens (including phenoxy) is 1. The highest BCUT2D eigenvalue weighted by Crippen LogP contribution is 1.98. The summed E-state index contributed by atoms with van der Waals surface area (Å²) >= 11 is 0. The van der Waals surface area contributed by atoms with Crippen molar-refractivity contribution in [1.29, 1.82) is 0 Å². The molecule has 0 fully saturated rings. The fourth-order valence-electron chi connectivity index (χ4n) is 0.554. The summed E-state index contributed by atoms with van der Waals surface area (Å²) in [5, 5.41) is 0. The predicted octanol–water partition coefficient (Wildman–Crippen LogP) is 0.504. The Bertz CT molecular complexity index is 189. The summed E-state index contributed by atoms with van der Waals surface area (Å²) in [5.41, 5.74) is 0. The maximum Gasteiger partial charge on any atom is 0.369 e. The largest absolute Gasteiger partial charge is 0.499 e. The van der Waals surface area contributed by atoms with Gasteiger partial charge in [0.05, 0.1) is 13.2 Å². The zero-order chi connectivity index (χ0) is 10.3. The molecule has 13 heavy (non-hydrogen) atoms. The number of carbonyl (C=O) groups excluding carboxylic acids is 1. The van der Waals surface area contributed by atoms with Crippen molar-refractivity contribution in [2.24, 2.45) is 0 Å². The molecule has 0 aromatic rings. The van der Waals surface area contributed by atoms with E-state index in [0.29, 0.717) is 0 Å². The molecule has 0 aromatic carbocycles. The monoisotopic (exact) mass is 204 g/mol. The Morgan fingerprint density at radius 2 is 2.08 bits per heavy atom. The molecule has 0 saturated heterocycles. The minimum atomic E-state index is -1.08. The van der Waals surface area contributed by atoms with Gasteiger partial charge in [-0.1, -0.05) is 0 Å². The number of rotatable bonds is 6. The van der Waals surface area contributed by atoms with Crippen molar-refractivity contribution in [1.82, 2.24) is 0 Å². The number of hydrogen-bond donors (Lipinski definition) is 0. The second-order valence-corrected chi connectivity index (χ2v) is 3.61. The van der Waals surface area contributed by atoms with Gasteiger partial charge in [0.25, 0.3) is 5.95 Å². The molecule has 76 valence electrons. The van der Waals surface area contributed by atoms with Crippen LogP contribution in [0.4, 0.5) is 0 Å². The van der Waals surface area contributed by atoms with Gasteiger partial charge in [-0.15, -0.1) is 0 Å². The number of methoxy groups -OCH3 is 1. The van der Waals surface area contributed by atoms with Crippen LogP contribution in [0.5, 0.6) is 0 Å². The van der Waals surface area contributed by atoms with E-state index in [1.54, 1.807) is 0 Å². The van der Waals surface area contributed by atoms with E-state index >= 15 is 0 Å². The number of ketones is 1. The van der Waals surface area contributed by atoms with Crippen molar-refractivity contribution in [3.05, 3.63) is 12.0 Å². The van der Waals surface area contributed by atoms with Crippen LogP contribution in [-0.4, -0.2) is 29.0 Å². The van der Waals surface area contributed by atoms with Crippen molar-refractivity contribution in [3.8, 4) is 0 Å². The first-order valence-electron chi connectivity index (χ1n) is 4.07. The molecule has 0 aliphatic carbocycles. The molecule has 0 amide bonds. The second-order valence-electron chi connectivity index (χ2n) is 2.76. The molecule has 0 aliphatic rings. The van der Waals surface area contributed by atoms with E-state index in [-0.39, 0.29) is 17.8 Å². The van der Waals surface area contributed by atoms with Gasteiger partial charge in [-0.2, -0.15) is 0 Å². The number of carbonyl (C=O) groups is 1. The maximum atomic E-state index is 10.6. The van der Waals surface area contributed by atoms with E-state index < -0.39 is 10.0 Å². The fraction of sp³-hybridized carbons (Fsp3) is 0.625. The Kier molecular flexibility index (Phi) is 6.26. The first kappa shape index (κ1) is 12.2. The topological polar surface area (TPSA) is 44.8 Å². The molecule has 0 aliphatic heterocycles. The lowest BCUT2D eigenvalue weighted by atomic mass is 10.4. The van der Waals surface area contributed by atoms with Crippen molar-refractivity contribution in [2.75, 3.05) is 7.11 Å². The van der Waals surface area contributed by atoms with Crippen molar-refractivity contribution in [3.63, 3.8) is 0 Å². The molecule has 0 bridgehead atoms. The van der Waals surface area contributed by atoms with Crippen LogP contribution in [0.3, 0.4) is 0 Å². The van der Waals surface area contributed by atoms with Crippen molar-refractivity contribution >= 4 is 15.8 Å². The van der Waals surface area contributed by atoms with Crippen molar-refractivity contribution in [2.45, 2.75) is 26.9 Å². The molecule has 0 saturated carbocycles. The summed E-state index contributed by atoms with van der Waals surface area (Å²) in [4.78, 5) is 10.6. The van der Waals surface area contributed by atoms with Crippen LogP contribution in [0.15, 0.2) is 12.0 Å². The average Bonchev–Trinajstić information content (AvgIpc) is 2.01. The maximum absolute atomic E-state index is 10.6. The van der Waals surface area contributed by atoms with Crippen LogP contribution >= 0.6 is 0 Å². The Morgan fingerprint density at radius 3 is 2.46 bits per heavy atom. The summed E-state index contributed by atoms with van der Waals surface area (Å²) in [7, 11) is 0.374. The predicted molar refractivity (Wildman–Crippen MR) is 51.6 cm³/mol. The molecule has 0 N–H and O–H groups in total. The van der Waals surface area contributed by atoms with Gasteiger partial charge in [0.2, 0.25) is 0 Å². The summed E-state index contributed by atoms with van der Waals surface area (Å²) in [6.07, 6.45) is 1.46. The van der Waals surface area contributed by atoms with E-state index in [9.17, 15) is 4.79 Å². The molecule has 0 radical (unpaired) electrons. The molecule has 0 rings (SSSR count). The fourth-order valence-corrected chi connectivity index (χ4v) is 1.21. The van der Waals surface area contributed by atoms with Crippen LogP contribution in [0.1, 0.15) is 20.8 Å². The number of allylic oxidation sites excluding steroid dienone is 1. The third-order valence-corrected chi connectivity index (χ3v) is 2.33. The molecule has 0 spiro atoms. The lowest BCUT2D eigenvalue weighted by molar-refractivity contribution is -0.113. The molecule has 4 nitrogen and oxygen atoms in total. The summed E-state index contributed by atoms with van der Waals surface area (Å²) < 4.78 is 15.2. The summed E-state index contributed by atoms with van der Waals surface area (Å²) in [6, 6.07) is 0. The molecule has 0 atom stereocenters. The van der Waals surface area contributed by atoms with E-state index in [4.69, 9.17) is 13.6 Å². The first-order chi connectivity index (χ1) is 6.06. The van der Waals surface area contributed by atoms with Crippen LogP contribution in [-0.2, 0) is 18.4 Å². The molecule has 0 heterocycles. The second kappa shape index (κ2) is 6.68. The van der Waals surface area contributed by atoms with Gasteiger partial charge in [-0.3, -0.25) is 4.79 Å². The van der Waals surface area contributed by atoms with E-state index in [0.717, 1.165) is 0 Å². The highest BCUT2D eigenvalue weighted by molar-refractivity contribution is 6.18. The Balaban J connectivity index is 3.79. The lowest BCUT2D eigenvalue weighted by Gasteiger charge is -2.10. The highest BCUT2D eigenvalue weighted by atomic mass is 28.3. The summed E-state index contributed by atoms with van der Waals surface area (Å²) in [5.74, 6) is 0.134. The van der Waals surface area contributed by atoms with Crippen LogP contribution in [0.2, 0.25) is 0 Å². The third kappa shape index (κ3) is 7.54. The quantitative estimate of drug-likeness (QED) is 0.359. The molecule has 0 unspecified atom stereocenters. The van der Waals surface area contributed by atoms with Crippen molar-refractivity contribution < 1.29 is 18.4 Å². The minimum absolute atomic E-state index is 0.101. The smallest absolute Gasteiger partial charge is 0.369 e. The average molecular weight is 204 g/mol. The van der Waals surface area contributed by atoms with E-state index in [1.807, 2.05) is 13.8 Å². The Hall–Kier alpha value is -0.813. The van der Waals surface area contributed by atoms with Crippen LogP contribution < -0.4 is 0 Å². The molecular formula is C8H16O4Si. The van der Waals surface area contributed by atoms with Gasteiger partial charge in [0.15, 0.2) is 5.78 Å². The SMILES string of the molecule is COC(=CC(C)=O)O[SiH2]OC(C)C. The lowest BCUT2D eigenvalue weighted by Crippen LogP contribution is -2.11. The normalized spacial score (nSPS) is 12.5. The van der Waals surface area contributed by atoms with Crippen LogP contribution in [0.25, 0.3) is 0 Å². The zero-order valence-corrected chi connectivity index (χ0v) is 9.91. The highest BCUT2D eigenvalue weighted by Gasteiger charge is 2.00. The van der Waals surface area contributed by atoms with E-state index in [1.165, 1.54) is 20.1 Å². The van der Waals surface area contributed by atoms with Gasteiger partial charge >= 0.3 is 10.0 Å². The molecule has 5 heteroatoms. The minimum Gasteiger partial charge on any atom is -0.499 e. The number of hydrogen-bond acceptors (Lipinski definition) is 4. The van der Waals surface area contributed by atoms with Crippen LogP contribution in [0, 0.1) is 0 Å². The Labute approximate surface area is 80.9 Å². The molecular weight excluding hydrogens is 188 g/mol. The summed E-state index contributed by atoms with van der Waals surface area (Å²) in [6.45, 7) is 5.29. The zero-order valence-electron chi connectivity index (χ0n) is 8.49. The molecule has 0 aromatic heterocycles.